The Kier molecular flexibility index (Phi) is 2.13. The lowest BCUT2D eigenvalue weighted by molar-refractivity contribution is 0.669. The lowest BCUT2D eigenvalue weighted by Crippen LogP contribution is -1.86. The van der Waals surface area contributed by atoms with Crippen molar-refractivity contribution in [2.75, 3.05) is 0 Å². The van der Waals surface area contributed by atoms with Gasteiger partial charge in [0, 0.05) is 10.8 Å². The summed E-state index contributed by atoms with van der Waals surface area (Å²) >= 11 is 0. The van der Waals surface area contributed by atoms with E-state index in [1.54, 1.807) is 0 Å². The van der Waals surface area contributed by atoms with Crippen LogP contribution in [0.25, 0.3) is 87.6 Å². The highest BCUT2D eigenvalue weighted by Gasteiger charge is 2.13. The van der Waals surface area contributed by atoms with E-state index in [0.717, 1.165) is 0 Å². The monoisotopic (exact) mass is 572 g/mol. The highest BCUT2D eigenvalue weighted by molar-refractivity contribution is 6.25. The van der Waals surface area contributed by atoms with E-state index in [0.29, 0.717) is 0 Å². The van der Waals surface area contributed by atoms with Crippen LogP contribution in [0.1, 0.15) is 35.6 Å². The van der Waals surface area contributed by atoms with Crippen molar-refractivity contribution in [1.29, 1.82) is 0 Å². The van der Waals surface area contributed by atoms with Crippen LogP contribution in [0.5, 0.6) is 0 Å². The maximum Gasteiger partial charge on any atom is 0.136 e. The van der Waals surface area contributed by atoms with Crippen molar-refractivity contribution in [1.82, 2.24) is 0 Å². The third-order valence-electron chi connectivity index (χ3n) is 6.89. The van der Waals surface area contributed by atoms with Gasteiger partial charge in [0.1, 0.15) is 11.2 Å². The minimum absolute atomic E-state index is 0.430. The standard InChI is InChI=1S/C42H26O/c1-2-16-35-33(14-1)34-15-3-4-17-36(34)39-26-30(22-23-37(35)39)28-11-7-10-27(24-28)29-12-8-13-31(25-29)32-19-9-21-41-42(32)38-18-5-6-20-40(38)43-41/h1-26H/i1D,2D,3D,4D,5D,6D,7D,8D,9D,10D,11D,12D,13D,14D,15D,16D,17D,18D,19D,20D,21D,22D,23D,24D,25D,26D. The summed E-state index contributed by atoms with van der Waals surface area (Å²) in [5, 5.41) is -3.96. The zero-order chi connectivity index (χ0) is 51.0. The molecule has 8 aromatic carbocycles. The van der Waals surface area contributed by atoms with Crippen LogP contribution in [-0.4, -0.2) is 0 Å². The van der Waals surface area contributed by atoms with Gasteiger partial charge in [-0.05, 0) is 95.9 Å². The quantitative estimate of drug-likeness (QED) is 0.192. The predicted octanol–water partition coefficient (Wildman–Crippen LogP) is 12.0. The molecule has 0 amide bonds. The van der Waals surface area contributed by atoms with Crippen LogP contribution >= 0.6 is 0 Å². The van der Waals surface area contributed by atoms with E-state index in [4.69, 9.17) is 33.2 Å². The fourth-order valence-corrected chi connectivity index (χ4v) is 5.02. The van der Waals surface area contributed by atoms with Crippen LogP contribution < -0.4 is 0 Å². The molecule has 1 aromatic heterocycles. The van der Waals surface area contributed by atoms with E-state index in [-0.39, 0.29) is 0 Å². The number of hydrogen-bond donors (Lipinski definition) is 0. The molecule has 43 heavy (non-hydrogen) atoms. The molecule has 0 fully saturated rings. The maximum absolute atomic E-state index is 9.65. The van der Waals surface area contributed by atoms with Gasteiger partial charge in [-0.1, -0.05) is 127 Å². The average Bonchev–Trinajstić information content (AvgIpc) is 3.72. The van der Waals surface area contributed by atoms with Gasteiger partial charge in [0.05, 0.1) is 35.6 Å². The summed E-state index contributed by atoms with van der Waals surface area (Å²) in [5.41, 5.74) is -5.95. The molecule has 9 aromatic rings. The summed E-state index contributed by atoms with van der Waals surface area (Å²) in [6, 6.07) is -23.1. The van der Waals surface area contributed by atoms with Gasteiger partial charge in [0.15, 0.2) is 0 Å². The lowest BCUT2D eigenvalue weighted by Gasteiger charge is -2.13. The molecule has 0 bridgehead atoms. The number of fused-ring (bicyclic) bond motifs is 9. The van der Waals surface area contributed by atoms with Gasteiger partial charge in [-0.15, -0.1) is 0 Å². The van der Waals surface area contributed by atoms with Crippen LogP contribution in [0.3, 0.4) is 0 Å². The number of rotatable bonds is 3. The Bertz CT molecular complexity index is 3920. The molecule has 200 valence electrons. The first-order valence-corrected chi connectivity index (χ1v) is 12.7. The van der Waals surface area contributed by atoms with Crippen LogP contribution in [0.4, 0.5) is 0 Å². The first kappa shape index (κ1) is 9.69. The Balaban J connectivity index is 1.47. The highest BCUT2D eigenvalue weighted by atomic mass is 16.3. The first-order valence-electron chi connectivity index (χ1n) is 25.7. The highest BCUT2D eigenvalue weighted by Crippen LogP contribution is 2.39. The SMILES string of the molecule is [2H]c1c([2H])c(-c2c([2H])c([2H])c([2H])c(-c3c([2H])c([2H])c([2H])c4oc5c([2H])c([2H])c([2H])c([2H])c5c34)c2[2H])c([2H])c(-c2c([2H])c([2H])c3c4c([2H])c([2H])c([2H])c([2H])c4c4c([2H])c([2H])c([2H])c([2H])c4c3c2[2H])c1[2H]. The van der Waals surface area contributed by atoms with Crippen molar-refractivity contribution in [2.24, 2.45) is 0 Å². The zero-order valence-electron chi connectivity index (χ0n) is 47.4. The van der Waals surface area contributed by atoms with Gasteiger partial charge in [-0.25, -0.2) is 0 Å². The molecule has 0 atom stereocenters. The van der Waals surface area contributed by atoms with Crippen molar-refractivity contribution >= 4 is 54.3 Å². The Morgan fingerprint density at radius 2 is 0.791 bits per heavy atom. The van der Waals surface area contributed by atoms with Crippen LogP contribution in [0.15, 0.2) is 162 Å². The number of hydrogen-bond acceptors (Lipinski definition) is 1. The largest absolute Gasteiger partial charge is 0.456 e. The number of para-hydroxylation sites is 1. The van der Waals surface area contributed by atoms with Crippen molar-refractivity contribution in [2.45, 2.75) is 0 Å². The Morgan fingerprint density at radius 1 is 0.326 bits per heavy atom. The molecule has 0 radical (unpaired) electrons. The van der Waals surface area contributed by atoms with E-state index >= 15 is 0 Å². The second-order valence-electron chi connectivity index (χ2n) is 9.26. The molecule has 0 N–H and O–H groups in total. The summed E-state index contributed by atoms with van der Waals surface area (Å²) in [4.78, 5) is 0. The van der Waals surface area contributed by atoms with E-state index in [1.807, 2.05) is 0 Å². The van der Waals surface area contributed by atoms with Gasteiger partial charge in [0.25, 0.3) is 0 Å². The normalized spacial score (nSPS) is 20.2. The predicted molar refractivity (Wildman–Crippen MR) is 183 cm³/mol. The molecule has 0 spiro atoms. The molecule has 0 saturated carbocycles. The third-order valence-corrected chi connectivity index (χ3v) is 6.89. The van der Waals surface area contributed by atoms with Crippen molar-refractivity contribution in [3.8, 4) is 33.4 Å². The molecule has 1 heteroatoms. The molecule has 0 aliphatic rings. The topological polar surface area (TPSA) is 13.1 Å². The minimum Gasteiger partial charge on any atom is -0.456 e. The zero-order valence-corrected chi connectivity index (χ0v) is 21.4. The molecule has 1 nitrogen and oxygen atoms in total. The Morgan fingerprint density at radius 3 is 1.47 bits per heavy atom. The first-order chi connectivity index (χ1) is 32.2. The van der Waals surface area contributed by atoms with Crippen molar-refractivity contribution in [3.05, 3.63) is 157 Å². The Labute approximate surface area is 285 Å². The van der Waals surface area contributed by atoms with Crippen LogP contribution in [-0.2, 0) is 0 Å². The Hall–Kier alpha value is -5.66. The fraction of sp³-hybridized carbons (Fsp3) is 0. The number of benzene rings is 8. The summed E-state index contributed by atoms with van der Waals surface area (Å²) in [6.07, 6.45) is 0. The molecular formula is C42H26O. The van der Waals surface area contributed by atoms with Crippen LogP contribution in [0.2, 0.25) is 0 Å². The molecule has 9 rings (SSSR count). The van der Waals surface area contributed by atoms with Gasteiger partial charge in [0.2, 0.25) is 0 Å². The molecule has 0 aliphatic heterocycles. The van der Waals surface area contributed by atoms with Crippen LogP contribution in [0, 0.1) is 0 Å². The average molecular weight is 573 g/mol. The van der Waals surface area contributed by atoms with Gasteiger partial charge >= 0.3 is 0 Å². The second kappa shape index (κ2) is 9.44. The second-order valence-corrected chi connectivity index (χ2v) is 9.26. The van der Waals surface area contributed by atoms with Gasteiger partial charge in [-0.2, -0.15) is 0 Å². The van der Waals surface area contributed by atoms with Gasteiger partial charge in [-0.3, -0.25) is 0 Å². The third kappa shape index (κ3) is 3.79. The molecule has 0 saturated heterocycles. The molecule has 1 heterocycles. The molecule has 0 unspecified atom stereocenters. The summed E-state index contributed by atoms with van der Waals surface area (Å²) in [7, 11) is 0. The minimum atomic E-state index is -1.07. The maximum atomic E-state index is 9.65. The number of furan rings is 1. The van der Waals surface area contributed by atoms with Crippen molar-refractivity contribution in [3.63, 3.8) is 0 Å². The summed E-state index contributed by atoms with van der Waals surface area (Å²) in [6.45, 7) is 0. The van der Waals surface area contributed by atoms with E-state index < -0.39 is 245 Å². The summed E-state index contributed by atoms with van der Waals surface area (Å²) in [5.74, 6) is 0. The lowest BCUT2D eigenvalue weighted by atomic mass is 9.91. The molecular weight excluding hydrogens is 520 g/mol. The summed E-state index contributed by atoms with van der Waals surface area (Å²) < 4.78 is 236. The fourth-order valence-electron chi connectivity index (χ4n) is 5.02. The van der Waals surface area contributed by atoms with E-state index in [9.17, 15) is 6.85 Å². The smallest absolute Gasteiger partial charge is 0.136 e. The van der Waals surface area contributed by atoms with E-state index in [1.165, 1.54) is 0 Å². The van der Waals surface area contributed by atoms with Crippen molar-refractivity contribution < 1.29 is 40.1 Å². The molecule has 0 aliphatic carbocycles. The van der Waals surface area contributed by atoms with E-state index in [2.05, 4.69) is 0 Å². The van der Waals surface area contributed by atoms with Gasteiger partial charge < -0.3 is 4.42 Å².